The van der Waals surface area contributed by atoms with E-state index in [0.717, 1.165) is 13.0 Å². The Balaban J connectivity index is 2.11. The van der Waals surface area contributed by atoms with E-state index >= 15 is 0 Å². The minimum Gasteiger partial charge on any atom is -0.340 e. The highest BCUT2D eigenvalue weighted by molar-refractivity contribution is 4.76. The van der Waals surface area contributed by atoms with Crippen LogP contribution in [0.5, 0.6) is 0 Å². The zero-order valence-corrected chi connectivity index (χ0v) is 9.70. The number of unbranched alkanes of at least 4 members (excludes halogenated alkanes) is 1. The summed E-state index contributed by atoms with van der Waals surface area (Å²) < 4.78 is 4.93. The first-order valence-corrected chi connectivity index (χ1v) is 5.85. The fourth-order valence-electron chi connectivity index (χ4n) is 1.59. The third-order valence-electron chi connectivity index (χ3n) is 2.58. The summed E-state index contributed by atoms with van der Waals surface area (Å²) in [7, 11) is 0. The normalized spacial score (nSPS) is 12.9. The molecule has 0 saturated carbocycles. The van der Waals surface area contributed by atoms with E-state index in [1.54, 1.807) is 0 Å². The molecule has 1 heterocycles. The molecule has 0 aliphatic heterocycles. The molecule has 0 bridgehead atoms. The zero-order chi connectivity index (χ0) is 10.9. The van der Waals surface area contributed by atoms with Crippen LogP contribution in [-0.2, 0) is 6.42 Å². The molecule has 0 saturated heterocycles. The zero-order valence-electron chi connectivity index (χ0n) is 9.70. The maximum Gasteiger partial charge on any atom is 0.227 e. The van der Waals surface area contributed by atoms with Gasteiger partial charge < -0.3 is 9.84 Å². The van der Waals surface area contributed by atoms with Crippen molar-refractivity contribution in [1.29, 1.82) is 0 Å². The monoisotopic (exact) mass is 211 g/mol. The SMILES string of the molecule is CCCCC(CC)NCCc1ncno1. The highest BCUT2D eigenvalue weighted by atomic mass is 16.5. The molecule has 1 unspecified atom stereocenters. The summed E-state index contributed by atoms with van der Waals surface area (Å²) in [6.07, 6.45) is 7.28. The summed E-state index contributed by atoms with van der Waals surface area (Å²) >= 11 is 0. The average Bonchev–Trinajstić information content (AvgIpc) is 2.76. The highest BCUT2D eigenvalue weighted by Crippen LogP contribution is 2.04. The second kappa shape index (κ2) is 7.40. The van der Waals surface area contributed by atoms with Gasteiger partial charge in [-0.3, -0.25) is 0 Å². The molecule has 1 rings (SSSR count). The molecule has 0 fully saturated rings. The molecule has 1 aromatic heterocycles. The Morgan fingerprint density at radius 1 is 1.47 bits per heavy atom. The number of nitrogens with zero attached hydrogens (tertiary/aromatic N) is 2. The molecular formula is C11H21N3O. The van der Waals surface area contributed by atoms with Crippen LogP contribution in [0.4, 0.5) is 0 Å². The molecule has 0 spiro atoms. The van der Waals surface area contributed by atoms with Gasteiger partial charge in [-0.2, -0.15) is 4.98 Å². The van der Waals surface area contributed by atoms with Crippen molar-refractivity contribution in [2.24, 2.45) is 0 Å². The van der Waals surface area contributed by atoms with Crippen molar-refractivity contribution in [3.63, 3.8) is 0 Å². The van der Waals surface area contributed by atoms with Crippen LogP contribution in [-0.4, -0.2) is 22.7 Å². The van der Waals surface area contributed by atoms with Crippen LogP contribution < -0.4 is 5.32 Å². The van der Waals surface area contributed by atoms with Crippen LogP contribution in [0.3, 0.4) is 0 Å². The quantitative estimate of drug-likeness (QED) is 0.716. The third kappa shape index (κ3) is 4.93. The molecular weight excluding hydrogens is 190 g/mol. The second-order valence-electron chi connectivity index (χ2n) is 3.79. The predicted octanol–water partition coefficient (Wildman–Crippen LogP) is 2.17. The van der Waals surface area contributed by atoms with Crippen LogP contribution in [0.15, 0.2) is 10.9 Å². The molecule has 1 aromatic rings. The molecule has 4 heteroatoms. The summed E-state index contributed by atoms with van der Waals surface area (Å²) in [6, 6.07) is 0.632. The van der Waals surface area contributed by atoms with Crippen LogP contribution in [0.1, 0.15) is 45.4 Å². The molecule has 15 heavy (non-hydrogen) atoms. The van der Waals surface area contributed by atoms with Gasteiger partial charge in [0.2, 0.25) is 5.89 Å². The molecule has 86 valence electrons. The van der Waals surface area contributed by atoms with Crippen molar-refractivity contribution in [3.8, 4) is 0 Å². The smallest absolute Gasteiger partial charge is 0.227 e. The summed E-state index contributed by atoms with van der Waals surface area (Å²) in [5, 5.41) is 7.09. The number of aromatic nitrogens is 2. The van der Waals surface area contributed by atoms with Gasteiger partial charge >= 0.3 is 0 Å². The van der Waals surface area contributed by atoms with Crippen molar-refractivity contribution in [1.82, 2.24) is 15.5 Å². The van der Waals surface area contributed by atoms with E-state index in [1.807, 2.05) is 0 Å². The van der Waals surface area contributed by atoms with Crippen molar-refractivity contribution in [2.45, 2.75) is 52.0 Å². The third-order valence-corrected chi connectivity index (χ3v) is 2.58. The van der Waals surface area contributed by atoms with Crippen LogP contribution in [0, 0.1) is 0 Å². The number of rotatable bonds is 8. The fourth-order valence-corrected chi connectivity index (χ4v) is 1.59. The van der Waals surface area contributed by atoms with Gasteiger partial charge in [0, 0.05) is 19.0 Å². The summed E-state index contributed by atoms with van der Waals surface area (Å²) in [4.78, 5) is 3.98. The molecule has 0 aromatic carbocycles. The largest absolute Gasteiger partial charge is 0.340 e. The minimum atomic E-state index is 0.632. The number of hydrogen-bond donors (Lipinski definition) is 1. The van der Waals surface area contributed by atoms with Crippen molar-refractivity contribution in [2.75, 3.05) is 6.54 Å². The lowest BCUT2D eigenvalue weighted by Crippen LogP contribution is -2.30. The van der Waals surface area contributed by atoms with E-state index in [2.05, 4.69) is 29.3 Å². The molecule has 0 aliphatic rings. The van der Waals surface area contributed by atoms with Gasteiger partial charge in [-0.05, 0) is 12.8 Å². The van der Waals surface area contributed by atoms with Gasteiger partial charge in [0.05, 0.1) is 0 Å². The molecule has 0 aliphatic carbocycles. The standard InChI is InChI=1S/C11H21N3O/c1-3-5-6-10(4-2)12-8-7-11-13-9-14-15-11/h9-10,12H,3-8H2,1-2H3. The fraction of sp³-hybridized carbons (Fsp3) is 0.818. The minimum absolute atomic E-state index is 0.632. The van der Waals surface area contributed by atoms with Gasteiger partial charge in [0.1, 0.15) is 0 Å². The van der Waals surface area contributed by atoms with Crippen molar-refractivity contribution in [3.05, 3.63) is 12.2 Å². The molecule has 1 atom stereocenters. The molecule has 1 N–H and O–H groups in total. The second-order valence-corrected chi connectivity index (χ2v) is 3.79. The van der Waals surface area contributed by atoms with E-state index in [9.17, 15) is 0 Å². The lowest BCUT2D eigenvalue weighted by molar-refractivity contribution is 0.367. The van der Waals surface area contributed by atoms with E-state index in [4.69, 9.17) is 4.52 Å². The van der Waals surface area contributed by atoms with Gasteiger partial charge in [0.25, 0.3) is 0 Å². The highest BCUT2D eigenvalue weighted by Gasteiger charge is 2.05. The van der Waals surface area contributed by atoms with E-state index < -0.39 is 0 Å². The van der Waals surface area contributed by atoms with E-state index in [0.29, 0.717) is 11.9 Å². The predicted molar refractivity (Wildman–Crippen MR) is 59.6 cm³/mol. The van der Waals surface area contributed by atoms with Crippen LogP contribution in [0.2, 0.25) is 0 Å². The maximum atomic E-state index is 4.93. The number of nitrogens with one attached hydrogen (secondary N) is 1. The Bertz CT molecular complexity index is 236. The maximum absolute atomic E-state index is 4.93. The molecule has 0 radical (unpaired) electrons. The van der Waals surface area contributed by atoms with Gasteiger partial charge in [-0.25, -0.2) is 0 Å². The van der Waals surface area contributed by atoms with Crippen LogP contribution in [0.25, 0.3) is 0 Å². The summed E-state index contributed by atoms with van der Waals surface area (Å²) in [6.45, 7) is 5.37. The topological polar surface area (TPSA) is 51.0 Å². The first-order chi connectivity index (χ1) is 7.36. The average molecular weight is 211 g/mol. The van der Waals surface area contributed by atoms with Gasteiger partial charge in [-0.15, -0.1) is 0 Å². The van der Waals surface area contributed by atoms with Gasteiger partial charge in [-0.1, -0.05) is 31.8 Å². The Labute approximate surface area is 91.5 Å². The Kier molecular flexibility index (Phi) is 6.00. The first kappa shape index (κ1) is 12.2. The van der Waals surface area contributed by atoms with Crippen molar-refractivity contribution >= 4 is 0 Å². The first-order valence-electron chi connectivity index (χ1n) is 5.85. The van der Waals surface area contributed by atoms with Crippen LogP contribution >= 0.6 is 0 Å². The van der Waals surface area contributed by atoms with E-state index in [-0.39, 0.29) is 0 Å². The van der Waals surface area contributed by atoms with Crippen molar-refractivity contribution < 1.29 is 4.52 Å². The number of hydrogen-bond acceptors (Lipinski definition) is 4. The Hall–Kier alpha value is -0.900. The lowest BCUT2D eigenvalue weighted by Gasteiger charge is -2.15. The van der Waals surface area contributed by atoms with E-state index in [1.165, 1.54) is 32.0 Å². The summed E-state index contributed by atoms with van der Waals surface area (Å²) in [5.74, 6) is 0.716. The lowest BCUT2D eigenvalue weighted by atomic mass is 10.1. The Morgan fingerprint density at radius 2 is 2.33 bits per heavy atom. The Morgan fingerprint density at radius 3 is 2.93 bits per heavy atom. The summed E-state index contributed by atoms with van der Waals surface area (Å²) in [5.41, 5.74) is 0. The molecule has 4 nitrogen and oxygen atoms in total. The molecule has 0 amide bonds. The van der Waals surface area contributed by atoms with Gasteiger partial charge in [0.15, 0.2) is 6.33 Å².